The zero-order valence-electron chi connectivity index (χ0n) is 16.3. The molecule has 1 aromatic carbocycles. The molecule has 3 rings (SSSR count). The molecule has 0 spiro atoms. The third-order valence-corrected chi connectivity index (χ3v) is 5.52. The fraction of sp³-hybridized carbons (Fsp3) is 0.250. The topological polar surface area (TPSA) is 118 Å². The van der Waals surface area contributed by atoms with Crippen molar-refractivity contribution in [3.63, 3.8) is 0 Å². The first-order chi connectivity index (χ1) is 14.1. The van der Waals surface area contributed by atoms with E-state index in [1.807, 2.05) is 0 Å². The van der Waals surface area contributed by atoms with E-state index in [1.165, 1.54) is 29.9 Å². The highest BCUT2D eigenvalue weighted by Crippen LogP contribution is 2.25. The second kappa shape index (κ2) is 8.23. The van der Waals surface area contributed by atoms with Crippen LogP contribution in [0.3, 0.4) is 0 Å². The Labute approximate surface area is 171 Å². The van der Waals surface area contributed by atoms with Crippen LogP contribution in [-0.4, -0.2) is 47.5 Å². The molecule has 10 heteroatoms. The number of benzene rings is 1. The number of halogens is 1. The highest BCUT2D eigenvalue weighted by Gasteiger charge is 2.22. The number of carbonyl (C=O) groups excluding carboxylic acids is 1. The molecule has 2 aromatic heterocycles. The summed E-state index contributed by atoms with van der Waals surface area (Å²) >= 11 is 0. The molecular weight excluding hydrogens is 413 g/mol. The normalized spacial score (nSPS) is 11.6. The van der Waals surface area contributed by atoms with Gasteiger partial charge in [0.25, 0.3) is 11.5 Å². The van der Waals surface area contributed by atoms with Gasteiger partial charge >= 0.3 is 0 Å². The SMILES string of the molecule is Cn1c(=O)c(C(=O)NCCS(C)(=O)=O)c(O)c2ncc(Cc3ccc(F)cc3)cc21. The summed E-state index contributed by atoms with van der Waals surface area (Å²) in [5.41, 5.74) is 0.718. The summed E-state index contributed by atoms with van der Waals surface area (Å²) < 4.78 is 36.7. The maximum Gasteiger partial charge on any atom is 0.267 e. The van der Waals surface area contributed by atoms with Gasteiger partial charge in [-0.3, -0.25) is 14.6 Å². The number of hydrogen-bond donors (Lipinski definition) is 2. The van der Waals surface area contributed by atoms with Gasteiger partial charge in [-0.15, -0.1) is 0 Å². The molecule has 0 atom stereocenters. The molecule has 0 radical (unpaired) electrons. The first-order valence-electron chi connectivity index (χ1n) is 8.98. The largest absolute Gasteiger partial charge is 0.505 e. The van der Waals surface area contributed by atoms with Crippen molar-refractivity contribution in [3.05, 3.63) is 69.4 Å². The van der Waals surface area contributed by atoms with Crippen LogP contribution in [-0.2, 0) is 23.3 Å². The highest BCUT2D eigenvalue weighted by molar-refractivity contribution is 7.90. The Kier molecular flexibility index (Phi) is 5.88. The van der Waals surface area contributed by atoms with E-state index in [9.17, 15) is 27.5 Å². The van der Waals surface area contributed by atoms with E-state index in [0.717, 1.165) is 17.4 Å². The molecule has 0 aliphatic carbocycles. The van der Waals surface area contributed by atoms with E-state index >= 15 is 0 Å². The lowest BCUT2D eigenvalue weighted by atomic mass is 10.1. The minimum atomic E-state index is -3.29. The van der Waals surface area contributed by atoms with E-state index in [0.29, 0.717) is 11.9 Å². The van der Waals surface area contributed by atoms with Crippen LogP contribution in [0.15, 0.2) is 41.3 Å². The predicted molar refractivity (Wildman–Crippen MR) is 110 cm³/mol. The predicted octanol–water partition coefficient (Wildman–Crippen LogP) is 1.14. The number of nitrogens with one attached hydrogen (secondary N) is 1. The summed E-state index contributed by atoms with van der Waals surface area (Å²) in [6.45, 7) is -0.192. The molecule has 0 unspecified atom stereocenters. The van der Waals surface area contributed by atoms with Gasteiger partial charge in [0, 0.05) is 26.0 Å². The molecule has 1 amide bonds. The number of rotatable bonds is 6. The van der Waals surface area contributed by atoms with Crippen molar-refractivity contribution in [2.24, 2.45) is 7.05 Å². The van der Waals surface area contributed by atoms with Crippen LogP contribution < -0.4 is 10.9 Å². The lowest BCUT2D eigenvalue weighted by Gasteiger charge is -2.12. The smallest absolute Gasteiger partial charge is 0.267 e. The summed E-state index contributed by atoms with van der Waals surface area (Å²) in [5, 5.41) is 12.8. The second-order valence-electron chi connectivity index (χ2n) is 6.99. The van der Waals surface area contributed by atoms with Crippen molar-refractivity contribution in [1.29, 1.82) is 0 Å². The number of sulfone groups is 1. The molecule has 0 aliphatic rings. The van der Waals surface area contributed by atoms with Gasteiger partial charge in [0.15, 0.2) is 5.75 Å². The van der Waals surface area contributed by atoms with Gasteiger partial charge in [-0.05, 0) is 35.7 Å². The standard InChI is InChI=1S/C20H20FN3O5S/c1-24-15-10-13(9-12-3-5-14(21)6-4-12)11-23-17(15)18(25)16(20(24)27)19(26)22-7-8-30(2,28)29/h3-6,10-11,25H,7-9H2,1-2H3,(H,22,26). The molecule has 3 aromatic rings. The van der Waals surface area contributed by atoms with Gasteiger partial charge in [0.1, 0.15) is 26.7 Å². The zero-order chi connectivity index (χ0) is 22.1. The minimum absolute atomic E-state index is 0.0632. The maximum atomic E-state index is 13.1. The molecule has 0 fully saturated rings. The van der Waals surface area contributed by atoms with Crippen molar-refractivity contribution >= 4 is 26.8 Å². The van der Waals surface area contributed by atoms with Crippen molar-refractivity contribution in [2.75, 3.05) is 18.6 Å². The van der Waals surface area contributed by atoms with Gasteiger partial charge in [0.05, 0.1) is 11.3 Å². The summed E-state index contributed by atoms with van der Waals surface area (Å²) in [4.78, 5) is 29.2. The summed E-state index contributed by atoms with van der Waals surface area (Å²) in [6, 6.07) is 7.64. The van der Waals surface area contributed by atoms with Crippen molar-refractivity contribution in [1.82, 2.24) is 14.9 Å². The summed E-state index contributed by atoms with van der Waals surface area (Å²) in [6.07, 6.45) is 2.96. The summed E-state index contributed by atoms with van der Waals surface area (Å²) in [5.74, 6) is -2.09. The van der Waals surface area contributed by atoms with E-state index in [2.05, 4.69) is 10.3 Å². The zero-order valence-corrected chi connectivity index (χ0v) is 17.2. The van der Waals surface area contributed by atoms with Gasteiger partial charge < -0.3 is 15.0 Å². The molecule has 2 heterocycles. The Morgan fingerprint density at radius 3 is 2.53 bits per heavy atom. The average molecular weight is 433 g/mol. The van der Waals surface area contributed by atoms with Crippen LogP contribution in [0.5, 0.6) is 5.75 Å². The number of nitrogens with zero attached hydrogens (tertiary/aromatic N) is 2. The molecule has 158 valence electrons. The van der Waals surface area contributed by atoms with E-state index in [4.69, 9.17) is 0 Å². The molecule has 8 nitrogen and oxygen atoms in total. The Bertz CT molecular complexity index is 1280. The van der Waals surface area contributed by atoms with Crippen molar-refractivity contribution in [2.45, 2.75) is 6.42 Å². The number of pyridine rings is 2. The molecule has 0 bridgehead atoms. The van der Waals surface area contributed by atoms with Crippen LogP contribution in [0.1, 0.15) is 21.5 Å². The highest BCUT2D eigenvalue weighted by atomic mass is 32.2. The minimum Gasteiger partial charge on any atom is -0.505 e. The van der Waals surface area contributed by atoms with Crippen molar-refractivity contribution < 1.29 is 22.7 Å². The fourth-order valence-corrected chi connectivity index (χ4v) is 3.48. The molecule has 0 aliphatic heterocycles. The summed E-state index contributed by atoms with van der Waals surface area (Å²) in [7, 11) is -1.85. The molecule has 30 heavy (non-hydrogen) atoms. The Balaban J connectivity index is 1.95. The van der Waals surface area contributed by atoms with Gasteiger partial charge in [0.2, 0.25) is 0 Å². The van der Waals surface area contributed by atoms with Crippen LogP contribution in [0.2, 0.25) is 0 Å². The average Bonchev–Trinajstić information content (AvgIpc) is 2.67. The third-order valence-electron chi connectivity index (χ3n) is 4.57. The molecule has 0 saturated carbocycles. The van der Waals surface area contributed by atoms with E-state index in [1.54, 1.807) is 18.2 Å². The first-order valence-corrected chi connectivity index (χ1v) is 11.0. The monoisotopic (exact) mass is 433 g/mol. The van der Waals surface area contributed by atoms with Crippen LogP contribution in [0.25, 0.3) is 11.0 Å². The lowest BCUT2D eigenvalue weighted by molar-refractivity contribution is 0.0951. The van der Waals surface area contributed by atoms with Gasteiger partial charge in [-0.1, -0.05) is 12.1 Å². The van der Waals surface area contributed by atoms with Crippen molar-refractivity contribution in [3.8, 4) is 5.75 Å². The number of hydrogen-bond acceptors (Lipinski definition) is 6. The number of amides is 1. The number of aromatic hydroxyl groups is 1. The molecule has 0 saturated heterocycles. The van der Waals surface area contributed by atoms with E-state index in [-0.39, 0.29) is 23.6 Å². The maximum absolute atomic E-state index is 13.1. The molecule has 2 N–H and O–H groups in total. The first kappa shape index (κ1) is 21.4. The number of aryl methyl sites for hydroxylation is 1. The van der Waals surface area contributed by atoms with Gasteiger partial charge in [-0.2, -0.15) is 0 Å². The second-order valence-corrected chi connectivity index (χ2v) is 9.25. The Morgan fingerprint density at radius 1 is 1.23 bits per heavy atom. The quantitative estimate of drug-likeness (QED) is 0.602. The Morgan fingerprint density at radius 2 is 1.90 bits per heavy atom. The Hall–Kier alpha value is -3.27. The fourth-order valence-electron chi connectivity index (χ4n) is 3.01. The van der Waals surface area contributed by atoms with Crippen LogP contribution in [0, 0.1) is 5.82 Å². The number of aromatic nitrogens is 2. The van der Waals surface area contributed by atoms with Crippen LogP contribution >= 0.6 is 0 Å². The number of fused-ring (bicyclic) bond motifs is 1. The van der Waals surface area contributed by atoms with E-state index < -0.39 is 32.6 Å². The van der Waals surface area contributed by atoms with Gasteiger partial charge in [-0.25, -0.2) is 12.8 Å². The number of carbonyl (C=O) groups is 1. The molecular formula is C20H20FN3O5S. The van der Waals surface area contributed by atoms with Crippen LogP contribution in [0.4, 0.5) is 4.39 Å². The third kappa shape index (κ3) is 4.65. The lowest BCUT2D eigenvalue weighted by Crippen LogP contribution is -2.35.